The van der Waals surface area contributed by atoms with Crippen molar-refractivity contribution in [2.24, 2.45) is 0 Å². The van der Waals surface area contributed by atoms with Crippen molar-refractivity contribution in [3.63, 3.8) is 0 Å². The van der Waals surface area contributed by atoms with Gasteiger partial charge >= 0.3 is 0 Å². The van der Waals surface area contributed by atoms with E-state index in [4.69, 9.17) is 14.2 Å². The summed E-state index contributed by atoms with van der Waals surface area (Å²) in [7, 11) is 0. The molecule has 0 bridgehead atoms. The fourth-order valence-electron chi connectivity index (χ4n) is 2.70. The lowest BCUT2D eigenvalue weighted by Crippen LogP contribution is -2.16. The quantitative estimate of drug-likeness (QED) is 0.830. The van der Waals surface area contributed by atoms with E-state index in [0.717, 1.165) is 30.9 Å². The fourth-order valence-corrected chi connectivity index (χ4v) is 2.70. The van der Waals surface area contributed by atoms with E-state index in [1.807, 2.05) is 31.2 Å². The Hall–Kier alpha value is -2.53. The fraction of sp³-hybridized carbons (Fsp3) is 0.350. The Morgan fingerprint density at radius 1 is 1.16 bits per heavy atom. The Labute approximate surface area is 147 Å². The molecule has 1 atom stereocenters. The highest BCUT2D eigenvalue weighted by Gasteiger charge is 2.16. The van der Waals surface area contributed by atoms with Crippen LogP contribution < -0.4 is 14.8 Å². The molecule has 0 aromatic heterocycles. The van der Waals surface area contributed by atoms with Crippen LogP contribution in [-0.4, -0.2) is 31.8 Å². The molecule has 1 aliphatic heterocycles. The molecule has 0 aliphatic carbocycles. The van der Waals surface area contributed by atoms with E-state index in [0.29, 0.717) is 24.5 Å². The summed E-state index contributed by atoms with van der Waals surface area (Å²) in [5.41, 5.74) is 1.28. The van der Waals surface area contributed by atoms with Gasteiger partial charge in [-0.05, 0) is 56.2 Å². The molecule has 3 rings (SSSR count). The van der Waals surface area contributed by atoms with Crippen molar-refractivity contribution < 1.29 is 19.0 Å². The summed E-state index contributed by atoms with van der Waals surface area (Å²) in [5, 5.41) is 2.89. The number of ether oxygens (including phenoxy) is 3. The highest BCUT2D eigenvalue weighted by atomic mass is 16.5. The smallest absolute Gasteiger partial charge is 0.255 e. The third-order valence-electron chi connectivity index (χ3n) is 3.98. The number of anilines is 1. The Morgan fingerprint density at radius 2 is 2.00 bits per heavy atom. The van der Waals surface area contributed by atoms with Crippen LogP contribution in [0.3, 0.4) is 0 Å². The first-order valence-electron chi connectivity index (χ1n) is 8.63. The minimum atomic E-state index is -0.167. The molecule has 1 heterocycles. The first kappa shape index (κ1) is 17.3. The van der Waals surface area contributed by atoms with Crippen molar-refractivity contribution in [2.75, 3.05) is 25.1 Å². The number of carbonyl (C=O) groups excluding carboxylic acids is 1. The molecular formula is C20H23NO4. The molecule has 0 spiro atoms. The molecular weight excluding hydrogens is 318 g/mol. The van der Waals surface area contributed by atoms with Gasteiger partial charge in [-0.2, -0.15) is 0 Å². The van der Waals surface area contributed by atoms with Crippen LogP contribution in [0.1, 0.15) is 30.1 Å². The molecule has 0 unspecified atom stereocenters. The molecule has 1 saturated heterocycles. The molecule has 5 heteroatoms. The number of benzene rings is 2. The molecule has 1 fully saturated rings. The second-order valence-corrected chi connectivity index (χ2v) is 5.89. The topological polar surface area (TPSA) is 56.8 Å². The van der Waals surface area contributed by atoms with Gasteiger partial charge in [0.15, 0.2) is 0 Å². The number of nitrogens with one attached hydrogen (secondary N) is 1. The molecule has 0 radical (unpaired) electrons. The van der Waals surface area contributed by atoms with Gasteiger partial charge in [0.2, 0.25) is 0 Å². The Bertz CT molecular complexity index is 693. The Balaban J connectivity index is 1.57. The van der Waals surface area contributed by atoms with E-state index in [9.17, 15) is 4.79 Å². The molecule has 25 heavy (non-hydrogen) atoms. The number of carbonyl (C=O) groups is 1. The van der Waals surface area contributed by atoms with E-state index in [2.05, 4.69) is 5.32 Å². The van der Waals surface area contributed by atoms with Crippen LogP contribution in [0.15, 0.2) is 48.5 Å². The van der Waals surface area contributed by atoms with Crippen LogP contribution in [0.2, 0.25) is 0 Å². The summed E-state index contributed by atoms with van der Waals surface area (Å²) in [6.45, 7) is 3.88. The first-order chi connectivity index (χ1) is 12.2. The van der Waals surface area contributed by atoms with E-state index in [1.165, 1.54) is 0 Å². The van der Waals surface area contributed by atoms with Crippen LogP contribution in [-0.2, 0) is 4.74 Å². The van der Waals surface area contributed by atoms with Crippen molar-refractivity contribution in [2.45, 2.75) is 25.9 Å². The van der Waals surface area contributed by atoms with Crippen molar-refractivity contribution in [1.29, 1.82) is 0 Å². The van der Waals surface area contributed by atoms with Crippen molar-refractivity contribution in [3.05, 3.63) is 54.1 Å². The second kappa shape index (κ2) is 8.53. The van der Waals surface area contributed by atoms with E-state index in [-0.39, 0.29) is 12.0 Å². The normalized spacial score (nSPS) is 16.4. The van der Waals surface area contributed by atoms with Crippen molar-refractivity contribution >= 4 is 11.6 Å². The average Bonchev–Trinajstić information content (AvgIpc) is 3.15. The minimum absolute atomic E-state index is 0.167. The molecule has 132 valence electrons. The summed E-state index contributed by atoms with van der Waals surface area (Å²) in [6, 6.07) is 14.5. The second-order valence-electron chi connectivity index (χ2n) is 5.89. The summed E-state index contributed by atoms with van der Waals surface area (Å²) in [6.07, 6.45) is 2.29. The molecule has 1 N–H and O–H groups in total. The average molecular weight is 341 g/mol. The van der Waals surface area contributed by atoms with Gasteiger partial charge in [0.05, 0.1) is 12.7 Å². The van der Waals surface area contributed by atoms with Crippen LogP contribution in [0.5, 0.6) is 11.5 Å². The number of hydrogen-bond donors (Lipinski definition) is 1. The predicted octanol–water partition coefficient (Wildman–Crippen LogP) is 3.90. The minimum Gasteiger partial charge on any atom is -0.494 e. The standard InChI is InChI=1S/C20H23NO4/c1-2-23-17-10-8-15(9-11-17)20(22)21-16-5-3-6-18(13-16)25-14-19-7-4-12-24-19/h3,5-6,8-11,13,19H,2,4,7,12,14H2,1H3,(H,21,22)/t19-/m0/s1. The third kappa shape index (κ3) is 4.97. The zero-order valence-corrected chi connectivity index (χ0v) is 14.4. The van der Waals surface area contributed by atoms with Gasteiger partial charge in [0.25, 0.3) is 5.91 Å². The molecule has 1 amide bonds. The van der Waals surface area contributed by atoms with Crippen LogP contribution >= 0.6 is 0 Å². The predicted molar refractivity (Wildman–Crippen MR) is 96.5 cm³/mol. The summed E-state index contributed by atoms with van der Waals surface area (Å²) in [5.74, 6) is 1.31. The maximum absolute atomic E-state index is 12.3. The maximum Gasteiger partial charge on any atom is 0.255 e. The van der Waals surface area contributed by atoms with Crippen LogP contribution in [0.4, 0.5) is 5.69 Å². The highest BCUT2D eigenvalue weighted by molar-refractivity contribution is 6.04. The van der Waals surface area contributed by atoms with Gasteiger partial charge < -0.3 is 19.5 Å². The number of hydrogen-bond acceptors (Lipinski definition) is 4. The van der Waals surface area contributed by atoms with Gasteiger partial charge in [0.1, 0.15) is 18.1 Å². The third-order valence-corrected chi connectivity index (χ3v) is 3.98. The molecule has 5 nitrogen and oxygen atoms in total. The molecule has 0 saturated carbocycles. The lowest BCUT2D eigenvalue weighted by atomic mass is 10.2. The van der Waals surface area contributed by atoms with Crippen molar-refractivity contribution in [3.8, 4) is 11.5 Å². The lowest BCUT2D eigenvalue weighted by molar-refractivity contribution is 0.0680. The van der Waals surface area contributed by atoms with E-state index < -0.39 is 0 Å². The van der Waals surface area contributed by atoms with E-state index >= 15 is 0 Å². The number of rotatable bonds is 7. The Kier molecular flexibility index (Phi) is 5.90. The zero-order valence-electron chi connectivity index (χ0n) is 14.4. The van der Waals surface area contributed by atoms with Crippen LogP contribution in [0, 0.1) is 0 Å². The number of amides is 1. The Morgan fingerprint density at radius 3 is 2.72 bits per heavy atom. The SMILES string of the molecule is CCOc1ccc(C(=O)Nc2cccc(OC[C@@H]3CCCO3)c2)cc1. The lowest BCUT2D eigenvalue weighted by Gasteiger charge is -2.12. The first-order valence-corrected chi connectivity index (χ1v) is 8.63. The van der Waals surface area contributed by atoms with Crippen molar-refractivity contribution in [1.82, 2.24) is 0 Å². The van der Waals surface area contributed by atoms with E-state index in [1.54, 1.807) is 24.3 Å². The highest BCUT2D eigenvalue weighted by Crippen LogP contribution is 2.20. The summed E-state index contributed by atoms with van der Waals surface area (Å²) in [4.78, 5) is 12.3. The van der Waals surface area contributed by atoms with Gasteiger partial charge in [-0.1, -0.05) is 6.07 Å². The molecule has 2 aromatic carbocycles. The van der Waals surface area contributed by atoms with Gasteiger partial charge in [-0.3, -0.25) is 4.79 Å². The molecule has 1 aliphatic rings. The molecule has 2 aromatic rings. The van der Waals surface area contributed by atoms with Gasteiger partial charge in [-0.15, -0.1) is 0 Å². The van der Waals surface area contributed by atoms with Gasteiger partial charge in [-0.25, -0.2) is 0 Å². The van der Waals surface area contributed by atoms with Gasteiger partial charge in [0, 0.05) is 23.9 Å². The summed E-state index contributed by atoms with van der Waals surface area (Å²) < 4.78 is 16.7. The maximum atomic E-state index is 12.3. The zero-order chi connectivity index (χ0) is 17.5. The van der Waals surface area contributed by atoms with Crippen LogP contribution in [0.25, 0.3) is 0 Å². The summed E-state index contributed by atoms with van der Waals surface area (Å²) >= 11 is 0. The largest absolute Gasteiger partial charge is 0.494 e. The monoisotopic (exact) mass is 341 g/mol.